The van der Waals surface area contributed by atoms with E-state index in [2.05, 4.69) is 6.58 Å². The maximum absolute atomic E-state index is 13.4. The van der Waals surface area contributed by atoms with Crippen LogP contribution in [0.1, 0.15) is 25.9 Å². The average molecular weight is 483 g/mol. The molecular weight excluding hydrogens is 452 g/mol. The lowest BCUT2D eigenvalue weighted by atomic mass is 10.1. The normalized spacial score (nSPS) is 10.6. The Hall–Kier alpha value is -3.52. The molecule has 0 unspecified atom stereocenters. The van der Waals surface area contributed by atoms with Crippen LogP contribution in [0.4, 0.5) is 0 Å². The van der Waals surface area contributed by atoms with E-state index < -0.39 is 0 Å². The summed E-state index contributed by atoms with van der Waals surface area (Å²) < 4.78 is 16.0. The van der Waals surface area contributed by atoms with E-state index in [9.17, 15) is 9.59 Å². The van der Waals surface area contributed by atoms with Gasteiger partial charge in [-0.15, -0.1) is 17.9 Å². The van der Waals surface area contributed by atoms with Gasteiger partial charge in [-0.05, 0) is 55.3 Å². The van der Waals surface area contributed by atoms with E-state index in [0.29, 0.717) is 31.0 Å². The van der Waals surface area contributed by atoms with Crippen molar-refractivity contribution in [1.82, 2.24) is 9.80 Å². The van der Waals surface area contributed by atoms with Crippen LogP contribution in [0.3, 0.4) is 0 Å². The lowest BCUT2D eigenvalue weighted by molar-refractivity contribution is -0.132. The summed E-state index contributed by atoms with van der Waals surface area (Å²) in [7, 11) is 3.20. The molecule has 0 aliphatic carbocycles. The second-order valence-corrected chi connectivity index (χ2v) is 9.09. The first-order valence-corrected chi connectivity index (χ1v) is 11.7. The second-order valence-electron chi connectivity index (χ2n) is 7.72. The van der Waals surface area contributed by atoms with Crippen LogP contribution in [0.25, 0.3) is 0 Å². The highest BCUT2D eigenvalue weighted by atomic mass is 32.1. The van der Waals surface area contributed by atoms with Crippen molar-refractivity contribution in [1.29, 1.82) is 0 Å². The van der Waals surface area contributed by atoms with Crippen molar-refractivity contribution < 1.29 is 23.5 Å². The first kappa shape index (κ1) is 25.1. The molecule has 34 heavy (non-hydrogen) atoms. The third-order valence-corrected chi connectivity index (χ3v) is 6.29. The minimum atomic E-state index is -0.343. The third kappa shape index (κ3) is 6.51. The lowest BCUT2D eigenvalue weighted by Crippen LogP contribution is -2.43. The zero-order valence-electron chi connectivity index (χ0n) is 19.8. The van der Waals surface area contributed by atoms with Gasteiger partial charge in [0.2, 0.25) is 5.91 Å². The fourth-order valence-electron chi connectivity index (χ4n) is 3.54. The minimum Gasteiger partial charge on any atom is -0.493 e. The van der Waals surface area contributed by atoms with Crippen molar-refractivity contribution in [3.63, 3.8) is 0 Å². The van der Waals surface area contributed by atoms with Crippen molar-refractivity contribution >= 4 is 23.2 Å². The molecular formula is C26H30N2O5S. The molecule has 0 saturated carbocycles. The number of benzene rings is 1. The van der Waals surface area contributed by atoms with Crippen LogP contribution < -0.4 is 9.47 Å². The van der Waals surface area contributed by atoms with E-state index in [1.165, 1.54) is 16.0 Å². The van der Waals surface area contributed by atoms with Crippen molar-refractivity contribution in [2.75, 3.05) is 33.9 Å². The van der Waals surface area contributed by atoms with Gasteiger partial charge in [-0.3, -0.25) is 9.59 Å². The summed E-state index contributed by atoms with van der Waals surface area (Å²) >= 11 is 1.66. The molecule has 8 heteroatoms. The lowest BCUT2D eigenvalue weighted by Gasteiger charge is -2.26. The van der Waals surface area contributed by atoms with E-state index in [-0.39, 0.29) is 30.7 Å². The standard InChI is InChI=1S/C26H30N2O5S/c1-5-13-28(26(30)23-7-6-15-33-23)18-25(29)27(17-21-10-8-19(2)34-21)14-12-20-9-11-22(31-3)24(16-20)32-4/h5-11,15-16H,1,12-14,17-18H2,2-4H3. The van der Waals surface area contributed by atoms with E-state index in [1.54, 1.807) is 48.7 Å². The summed E-state index contributed by atoms with van der Waals surface area (Å²) in [5.74, 6) is 1.01. The molecule has 1 aromatic carbocycles. The van der Waals surface area contributed by atoms with Crippen LogP contribution in [0.2, 0.25) is 0 Å². The number of aryl methyl sites for hydroxylation is 1. The van der Waals surface area contributed by atoms with Crippen LogP contribution in [0, 0.1) is 6.92 Å². The molecule has 0 fully saturated rings. The summed E-state index contributed by atoms with van der Waals surface area (Å²) in [5.41, 5.74) is 1.02. The average Bonchev–Trinajstić information content (AvgIpc) is 3.52. The Morgan fingerprint density at radius 1 is 1.09 bits per heavy atom. The molecule has 3 rings (SSSR count). The quantitative estimate of drug-likeness (QED) is 0.354. The third-order valence-electron chi connectivity index (χ3n) is 5.31. The molecule has 0 bridgehead atoms. The van der Waals surface area contributed by atoms with Crippen molar-refractivity contribution in [2.24, 2.45) is 0 Å². The highest BCUT2D eigenvalue weighted by Gasteiger charge is 2.23. The molecule has 0 aliphatic rings. The largest absolute Gasteiger partial charge is 0.493 e. The summed E-state index contributed by atoms with van der Waals surface area (Å²) in [6, 6.07) is 13.1. The number of methoxy groups -OCH3 is 2. The summed E-state index contributed by atoms with van der Waals surface area (Å²) in [5, 5.41) is 0. The van der Waals surface area contributed by atoms with Crippen molar-refractivity contribution in [2.45, 2.75) is 19.9 Å². The van der Waals surface area contributed by atoms with Crippen molar-refractivity contribution in [3.05, 3.63) is 82.5 Å². The number of carbonyl (C=O) groups excluding carboxylic acids is 2. The first-order valence-electron chi connectivity index (χ1n) is 10.9. The Bertz CT molecular complexity index is 1110. The molecule has 0 atom stereocenters. The maximum atomic E-state index is 13.4. The number of carbonyl (C=O) groups is 2. The van der Waals surface area contributed by atoms with E-state index >= 15 is 0 Å². The monoisotopic (exact) mass is 482 g/mol. The molecule has 0 aliphatic heterocycles. The number of hydrogen-bond donors (Lipinski definition) is 0. The highest BCUT2D eigenvalue weighted by Crippen LogP contribution is 2.28. The van der Waals surface area contributed by atoms with Gasteiger partial charge in [-0.25, -0.2) is 0 Å². The molecule has 0 N–H and O–H groups in total. The van der Waals surface area contributed by atoms with Gasteiger partial charge in [0.05, 0.1) is 27.0 Å². The predicted octanol–water partition coefficient (Wildman–Crippen LogP) is 4.57. The van der Waals surface area contributed by atoms with Gasteiger partial charge in [-0.2, -0.15) is 0 Å². The number of amides is 2. The molecule has 3 aromatic rings. The second kappa shape index (κ2) is 12.1. The first-order chi connectivity index (χ1) is 16.4. The van der Waals surface area contributed by atoms with Crippen molar-refractivity contribution in [3.8, 4) is 11.5 Å². The number of thiophene rings is 1. The zero-order chi connectivity index (χ0) is 24.5. The minimum absolute atomic E-state index is 0.0676. The molecule has 0 spiro atoms. The Balaban J connectivity index is 1.76. The van der Waals surface area contributed by atoms with Gasteiger partial charge < -0.3 is 23.7 Å². The Labute approximate surface area is 204 Å². The van der Waals surface area contributed by atoms with Crippen LogP contribution in [-0.4, -0.2) is 55.5 Å². The number of ether oxygens (including phenoxy) is 2. The molecule has 2 amide bonds. The SMILES string of the molecule is C=CCN(CC(=O)N(CCc1ccc(OC)c(OC)c1)Cc1ccc(C)s1)C(=O)c1ccco1. The Morgan fingerprint density at radius 3 is 2.50 bits per heavy atom. The molecule has 2 aromatic heterocycles. The molecule has 2 heterocycles. The number of nitrogens with zero attached hydrogens (tertiary/aromatic N) is 2. The van der Waals surface area contributed by atoms with Gasteiger partial charge in [0.15, 0.2) is 17.3 Å². The van der Waals surface area contributed by atoms with Crippen LogP contribution >= 0.6 is 11.3 Å². The number of furan rings is 1. The summed E-state index contributed by atoms with van der Waals surface area (Å²) in [6.45, 7) is 6.90. The number of rotatable bonds is 12. The highest BCUT2D eigenvalue weighted by molar-refractivity contribution is 7.11. The summed E-state index contributed by atoms with van der Waals surface area (Å²) in [6.07, 6.45) is 3.67. The summed E-state index contributed by atoms with van der Waals surface area (Å²) in [4.78, 5) is 31.7. The van der Waals surface area contributed by atoms with Crippen LogP contribution in [-0.2, 0) is 17.8 Å². The fourth-order valence-corrected chi connectivity index (χ4v) is 4.45. The van der Waals surface area contributed by atoms with E-state index in [1.807, 2.05) is 37.3 Å². The zero-order valence-corrected chi connectivity index (χ0v) is 20.6. The van der Waals surface area contributed by atoms with Gasteiger partial charge >= 0.3 is 0 Å². The Morgan fingerprint density at radius 2 is 1.88 bits per heavy atom. The smallest absolute Gasteiger partial charge is 0.290 e. The van der Waals surface area contributed by atoms with Gasteiger partial charge in [0.1, 0.15) is 6.54 Å². The van der Waals surface area contributed by atoms with Gasteiger partial charge in [0, 0.05) is 22.8 Å². The van der Waals surface area contributed by atoms with Gasteiger partial charge in [0.25, 0.3) is 5.91 Å². The van der Waals surface area contributed by atoms with Crippen LogP contribution in [0.5, 0.6) is 11.5 Å². The number of hydrogen-bond acceptors (Lipinski definition) is 6. The van der Waals surface area contributed by atoms with Crippen LogP contribution in [0.15, 0.2) is 65.8 Å². The maximum Gasteiger partial charge on any atom is 0.290 e. The predicted molar refractivity (Wildman–Crippen MR) is 133 cm³/mol. The Kier molecular flexibility index (Phi) is 8.93. The van der Waals surface area contributed by atoms with E-state index in [0.717, 1.165) is 10.4 Å². The molecule has 180 valence electrons. The topological polar surface area (TPSA) is 72.2 Å². The van der Waals surface area contributed by atoms with E-state index in [4.69, 9.17) is 13.9 Å². The molecule has 0 saturated heterocycles. The molecule has 7 nitrogen and oxygen atoms in total. The molecule has 0 radical (unpaired) electrons. The van der Waals surface area contributed by atoms with Gasteiger partial charge in [-0.1, -0.05) is 12.1 Å². The fraction of sp³-hybridized carbons (Fsp3) is 0.308.